The Balaban J connectivity index is 1.76. The van der Waals surface area contributed by atoms with Gasteiger partial charge in [0.15, 0.2) is 0 Å². The van der Waals surface area contributed by atoms with Crippen LogP contribution in [0.1, 0.15) is 6.42 Å². The van der Waals surface area contributed by atoms with Crippen molar-refractivity contribution >= 4 is 0 Å². The highest BCUT2D eigenvalue weighted by Gasteiger charge is 2.33. The number of azide groups is 1. The number of ether oxygens (including phenoxy) is 1. The van der Waals surface area contributed by atoms with Crippen LogP contribution in [0.15, 0.2) is 5.11 Å². The first-order valence-electron chi connectivity index (χ1n) is 5.21. The van der Waals surface area contributed by atoms with Gasteiger partial charge in [-0.2, -0.15) is 0 Å². The second kappa shape index (κ2) is 4.64. The molecular formula is C9H16N4O. The van der Waals surface area contributed by atoms with Crippen LogP contribution in [-0.4, -0.2) is 44.3 Å². The van der Waals surface area contributed by atoms with E-state index in [1.165, 1.54) is 6.42 Å². The van der Waals surface area contributed by atoms with Gasteiger partial charge in [0.05, 0.1) is 6.61 Å². The summed E-state index contributed by atoms with van der Waals surface area (Å²) in [4.78, 5) is 5.14. The van der Waals surface area contributed by atoms with Crippen LogP contribution in [0.4, 0.5) is 0 Å². The summed E-state index contributed by atoms with van der Waals surface area (Å²) in [6, 6.07) is 0. The minimum Gasteiger partial charge on any atom is -0.381 e. The molecule has 78 valence electrons. The Morgan fingerprint density at radius 1 is 1.43 bits per heavy atom. The first-order valence-corrected chi connectivity index (χ1v) is 5.21. The second-order valence-corrected chi connectivity index (χ2v) is 4.10. The molecule has 0 aromatic rings. The molecule has 0 saturated carbocycles. The lowest BCUT2D eigenvalue weighted by Gasteiger charge is -2.33. The Labute approximate surface area is 83.7 Å². The lowest BCUT2D eigenvalue weighted by Crippen LogP contribution is -2.41. The molecule has 2 saturated heterocycles. The quantitative estimate of drug-likeness (QED) is 0.387. The molecule has 2 atom stereocenters. The molecule has 2 heterocycles. The minimum absolute atomic E-state index is 0.592. The van der Waals surface area contributed by atoms with Gasteiger partial charge in [0, 0.05) is 37.1 Å². The zero-order chi connectivity index (χ0) is 9.80. The first kappa shape index (κ1) is 9.77. The van der Waals surface area contributed by atoms with Gasteiger partial charge in [0.1, 0.15) is 0 Å². The Bertz CT molecular complexity index is 239. The number of hydrogen-bond acceptors (Lipinski definition) is 3. The van der Waals surface area contributed by atoms with E-state index in [2.05, 4.69) is 14.9 Å². The molecule has 2 aliphatic rings. The lowest BCUT2D eigenvalue weighted by atomic mass is 9.89. The van der Waals surface area contributed by atoms with Crippen LogP contribution < -0.4 is 0 Å². The van der Waals surface area contributed by atoms with Gasteiger partial charge in [0.25, 0.3) is 0 Å². The number of rotatable bonds is 3. The molecular weight excluding hydrogens is 180 g/mol. The summed E-state index contributed by atoms with van der Waals surface area (Å²) in [5.74, 6) is 1.50. The molecule has 0 N–H and O–H groups in total. The van der Waals surface area contributed by atoms with Crippen molar-refractivity contribution in [1.82, 2.24) is 4.90 Å². The number of hydrogen-bond donors (Lipinski definition) is 0. The van der Waals surface area contributed by atoms with Crippen molar-refractivity contribution in [3.8, 4) is 0 Å². The van der Waals surface area contributed by atoms with E-state index in [1.54, 1.807) is 0 Å². The SMILES string of the molecule is [N-]=[N+]=NCCN1CC[C@H]2COC[C@H]2C1. The number of piperidine rings is 1. The smallest absolute Gasteiger partial charge is 0.0510 e. The molecule has 14 heavy (non-hydrogen) atoms. The lowest BCUT2D eigenvalue weighted by molar-refractivity contribution is 0.150. The van der Waals surface area contributed by atoms with Crippen LogP contribution in [0, 0.1) is 11.8 Å². The fraction of sp³-hybridized carbons (Fsp3) is 1.00. The van der Waals surface area contributed by atoms with Crippen molar-refractivity contribution in [2.45, 2.75) is 6.42 Å². The fourth-order valence-electron chi connectivity index (χ4n) is 2.37. The van der Waals surface area contributed by atoms with Gasteiger partial charge in [-0.15, -0.1) is 0 Å². The van der Waals surface area contributed by atoms with Gasteiger partial charge < -0.3 is 9.64 Å². The standard InChI is InChI=1S/C9H16N4O/c10-12-11-2-4-13-3-1-8-6-14-7-9(8)5-13/h8-9H,1-7H2/t8-,9+/m0/s1. The third-order valence-electron chi connectivity index (χ3n) is 3.22. The normalized spacial score (nSPS) is 32.3. The molecule has 5 heteroatoms. The van der Waals surface area contributed by atoms with Crippen molar-refractivity contribution in [3.63, 3.8) is 0 Å². The molecule has 2 aliphatic heterocycles. The van der Waals surface area contributed by atoms with E-state index >= 15 is 0 Å². The van der Waals surface area contributed by atoms with E-state index in [4.69, 9.17) is 10.3 Å². The maximum Gasteiger partial charge on any atom is 0.0510 e. The van der Waals surface area contributed by atoms with Gasteiger partial charge in [-0.25, -0.2) is 0 Å². The predicted molar refractivity (Wildman–Crippen MR) is 52.9 cm³/mol. The third-order valence-corrected chi connectivity index (χ3v) is 3.22. The number of fused-ring (bicyclic) bond motifs is 1. The third kappa shape index (κ3) is 2.18. The summed E-state index contributed by atoms with van der Waals surface area (Å²) in [6.07, 6.45) is 1.24. The number of nitrogens with zero attached hydrogens (tertiary/aromatic N) is 4. The summed E-state index contributed by atoms with van der Waals surface area (Å²) in [5, 5.41) is 3.56. The Morgan fingerprint density at radius 3 is 3.14 bits per heavy atom. The van der Waals surface area contributed by atoms with Crippen molar-refractivity contribution in [1.29, 1.82) is 0 Å². The largest absolute Gasteiger partial charge is 0.381 e. The van der Waals surface area contributed by atoms with Crippen LogP contribution in [0.2, 0.25) is 0 Å². The maximum absolute atomic E-state index is 8.17. The van der Waals surface area contributed by atoms with Gasteiger partial charge in [-0.3, -0.25) is 0 Å². The summed E-state index contributed by atoms with van der Waals surface area (Å²) in [5.41, 5.74) is 8.17. The Kier molecular flexibility index (Phi) is 3.24. The fourth-order valence-corrected chi connectivity index (χ4v) is 2.37. The van der Waals surface area contributed by atoms with Gasteiger partial charge in [-0.1, -0.05) is 5.11 Å². The van der Waals surface area contributed by atoms with Gasteiger partial charge in [-0.05, 0) is 24.4 Å². The highest BCUT2D eigenvalue weighted by molar-refractivity contribution is 4.83. The molecule has 5 nitrogen and oxygen atoms in total. The molecule has 0 amide bonds. The van der Waals surface area contributed by atoms with Crippen molar-refractivity contribution < 1.29 is 4.74 Å². The highest BCUT2D eigenvalue weighted by Crippen LogP contribution is 2.28. The summed E-state index contributed by atoms with van der Waals surface area (Å²) in [6.45, 7) is 5.61. The average molecular weight is 196 g/mol. The molecule has 0 aromatic carbocycles. The van der Waals surface area contributed by atoms with Crippen molar-refractivity contribution in [2.24, 2.45) is 17.0 Å². The molecule has 0 aliphatic carbocycles. The van der Waals surface area contributed by atoms with E-state index in [9.17, 15) is 0 Å². The summed E-state index contributed by atoms with van der Waals surface area (Å²) in [7, 11) is 0. The van der Waals surface area contributed by atoms with E-state index < -0.39 is 0 Å². The predicted octanol–water partition coefficient (Wildman–Crippen LogP) is 1.27. The van der Waals surface area contributed by atoms with Crippen LogP contribution in [0.3, 0.4) is 0 Å². The van der Waals surface area contributed by atoms with Gasteiger partial charge >= 0.3 is 0 Å². The summed E-state index contributed by atoms with van der Waals surface area (Å²) < 4.78 is 5.46. The molecule has 0 spiro atoms. The maximum atomic E-state index is 8.17. The molecule has 2 rings (SSSR count). The highest BCUT2D eigenvalue weighted by atomic mass is 16.5. The topological polar surface area (TPSA) is 61.2 Å². The molecule has 0 bridgehead atoms. The van der Waals surface area contributed by atoms with E-state index in [1.807, 2.05) is 0 Å². The van der Waals surface area contributed by atoms with Crippen molar-refractivity contribution in [2.75, 3.05) is 39.4 Å². The molecule has 0 unspecified atom stereocenters. The zero-order valence-corrected chi connectivity index (χ0v) is 8.30. The number of likely N-dealkylation sites (tertiary alicyclic amines) is 1. The Morgan fingerprint density at radius 2 is 2.29 bits per heavy atom. The second-order valence-electron chi connectivity index (χ2n) is 4.10. The van der Waals surface area contributed by atoms with Crippen LogP contribution >= 0.6 is 0 Å². The monoisotopic (exact) mass is 196 g/mol. The first-order chi connectivity index (χ1) is 6.90. The van der Waals surface area contributed by atoms with Crippen LogP contribution in [-0.2, 0) is 4.74 Å². The van der Waals surface area contributed by atoms with E-state index in [0.717, 1.165) is 44.7 Å². The van der Waals surface area contributed by atoms with Gasteiger partial charge in [0.2, 0.25) is 0 Å². The average Bonchev–Trinajstić information content (AvgIpc) is 2.65. The molecule has 2 fully saturated rings. The molecule has 0 aromatic heterocycles. The van der Waals surface area contributed by atoms with Crippen LogP contribution in [0.25, 0.3) is 10.4 Å². The van der Waals surface area contributed by atoms with Crippen LogP contribution in [0.5, 0.6) is 0 Å². The Hall–Kier alpha value is -0.770. The van der Waals surface area contributed by atoms with E-state index in [-0.39, 0.29) is 0 Å². The molecule has 0 radical (unpaired) electrons. The zero-order valence-electron chi connectivity index (χ0n) is 8.30. The minimum atomic E-state index is 0.592. The summed E-state index contributed by atoms with van der Waals surface area (Å²) >= 11 is 0. The van der Waals surface area contributed by atoms with E-state index in [0.29, 0.717) is 6.54 Å². The van der Waals surface area contributed by atoms with Crippen molar-refractivity contribution in [3.05, 3.63) is 10.4 Å².